The van der Waals surface area contributed by atoms with Crippen LogP contribution in [-0.2, 0) is 11.8 Å². The normalized spacial score (nSPS) is 11.3. The molecule has 1 aromatic carbocycles. The van der Waals surface area contributed by atoms with Crippen LogP contribution in [0.1, 0.15) is 18.9 Å². The maximum Gasteiger partial charge on any atom is 0.274 e. The molecule has 0 aliphatic rings. The molecule has 0 spiro atoms. The molecule has 5 heteroatoms. The summed E-state index contributed by atoms with van der Waals surface area (Å²) in [5.74, 6) is 1.80. The van der Waals surface area contributed by atoms with Crippen molar-refractivity contribution < 1.29 is 4.79 Å². The maximum absolute atomic E-state index is 12.0. The molecule has 1 N–H and O–H groups in total. The summed E-state index contributed by atoms with van der Waals surface area (Å²) in [5.41, 5.74) is 1.94. The second kappa shape index (κ2) is 7.47. The van der Waals surface area contributed by atoms with Crippen molar-refractivity contribution in [1.29, 1.82) is 0 Å². The molecule has 2 rings (SSSR count). The molecule has 1 heterocycles. The van der Waals surface area contributed by atoms with Gasteiger partial charge in [0, 0.05) is 31.9 Å². The van der Waals surface area contributed by atoms with E-state index in [2.05, 4.69) is 23.5 Å². The molecule has 23 heavy (non-hydrogen) atoms. The van der Waals surface area contributed by atoms with E-state index >= 15 is 0 Å². The molecular formula is C18H21N3O2. The third-order valence-corrected chi connectivity index (χ3v) is 3.74. The van der Waals surface area contributed by atoms with Gasteiger partial charge in [0.15, 0.2) is 0 Å². The molecule has 5 nitrogen and oxygen atoms in total. The Morgan fingerprint density at radius 3 is 2.57 bits per heavy atom. The number of carbonyl (C=O) groups excluding carboxylic acids is 1. The van der Waals surface area contributed by atoms with Crippen molar-refractivity contribution in [2.45, 2.75) is 13.3 Å². The van der Waals surface area contributed by atoms with E-state index in [1.54, 1.807) is 13.0 Å². The van der Waals surface area contributed by atoms with Gasteiger partial charge in [-0.25, -0.2) is 4.79 Å². The molecule has 0 fully saturated rings. The van der Waals surface area contributed by atoms with Gasteiger partial charge in [0.1, 0.15) is 5.94 Å². The van der Waals surface area contributed by atoms with Crippen molar-refractivity contribution in [3.05, 3.63) is 56.8 Å². The van der Waals surface area contributed by atoms with E-state index in [1.165, 1.54) is 10.8 Å². The fourth-order valence-corrected chi connectivity index (χ4v) is 2.47. The van der Waals surface area contributed by atoms with E-state index in [-0.39, 0.29) is 5.56 Å². The van der Waals surface area contributed by atoms with Gasteiger partial charge in [0.05, 0.1) is 10.6 Å². The fourth-order valence-electron chi connectivity index (χ4n) is 2.47. The maximum atomic E-state index is 12.0. The van der Waals surface area contributed by atoms with Gasteiger partial charge in [0.2, 0.25) is 0 Å². The van der Waals surface area contributed by atoms with E-state index in [0.29, 0.717) is 17.0 Å². The minimum absolute atomic E-state index is 0.0880. The standard InChI is InChI=1S/C18H21N3O2/c1-4-21(11-5-6-12-22)16-9-7-15(8-10-16)13-17-14(2)19-20(3)18(17)23/h6-10,13,19H,2,4-5,11H2,1,3H3. The smallest absolute Gasteiger partial charge is 0.274 e. The molecule has 0 aliphatic heterocycles. The van der Waals surface area contributed by atoms with Crippen molar-refractivity contribution in [1.82, 2.24) is 9.78 Å². The number of nitrogens with one attached hydrogen (secondary N) is 1. The Kier molecular flexibility index (Phi) is 5.39. The van der Waals surface area contributed by atoms with Crippen molar-refractivity contribution in [3.63, 3.8) is 0 Å². The highest BCUT2D eigenvalue weighted by atomic mass is 16.1. The van der Waals surface area contributed by atoms with Gasteiger partial charge in [-0.1, -0.05) is 18.7 Å². The summed E-state index contributed by atoms with van der Waals surface area (Å²) in [4.78, 5) is 24.4. The first-order valence-corrected chi connectivity index (χ1v) is 7.57. The summed E-state index contributed by atoms with van der Waals surface area (Å²) in [5, 5.41) is 4.06. The van der Waals surface area contributed by atoms with Gasteiger partial charge in [-0.15, -0.1) is 0 Å². The molecule has 0 saturated heterocycles. The number of H-pyrrole nitrogens is 1. The van der Waals surface area contributed by atoms with Gasteiger partial charge >= 0.3 is 0 Å². The first-order valence-electron chi connectivity index (χ1n) is 7.57. The number of aryl methyl sites for hydroxylation is 1. The van der Waals surface area contributed by atoms with Gasteiger partial charge in [-0.2, -0.15) is 0 Å². The molecule has 1 aromatic heterocycles. The van der Waals surface area contributed by atoms with Crippen LogP contribution in [0.5, 0.6) is 0 Å². The number of rotatable bonds is 6. The van der Waals surface area contributed by atoms with Crippen molar-refractivity contribution in [2.75, 3.05) is 18.0 Å². The Bertz CT molecular complexity index is 868. The lowest BCUT2D eigenvalue weighted by Crippen LogP contribution is -2.33. The Labute approximate surface area is 134 Å². The highest BCUT2D eigenvalue weighted by molar-refractivity contribution is 5.56. The zero-order chi connectivity index (χ0) is 16.8. The van der Waals surface area contributed by atoms with E-state index < -0.39 is 0 Å². The second-order valence-corrected chi connectivity index (χ2v) is 5.29. The van der Waals surface area contributed by atoms with Crippen molar-refractivity contribution >= 4 is 24.3 Å². The SMILES string of the molecule is C=c1[nH]n(C)c(=O)c1=Cc1ccc(N(CC)CCC=C=O)cc1. The number of anilines is 1. The molecule has 0 amide bonds. The monoisotopic (exact) mass is 311 g/mol. The molecule has 2 aromatic rings. The summed E-state index contributed by atoms with van der Waals surface area (Å²) in [7, 11) is 1.67. The number of hydrogen-bond acceptors (Lipinski definition) is 3. The number of benzene rings is 1. The zero-order valence-electron chi connectivity index (χ0n) is 13.5. The van der Waals surface area contributed by atoms with Crippen LogP contribution in [0.2, 0.25) is 0 Å². The lowest BCUT2D eigenvalue weighted by molar-refractivity contribution is 0.568. The van der Waals surface area contributed by atoms with E-state index in [9.17, 15) is 9.59 Å². The van der Waals surface area contributed by atoms with Crippen LogP contribution < -0.4 is 21.0 Å². The molecule has 0 unspecified atom stereocenters. The quantitative estimate of drug-likeness (QED) is 0.793. The van der Waals surface area contributed by atoms with Crippen LogP contribution in [0.15, 0.2) is 35.1 Å². The van der Waals surface area contributed by atoms with Crippen LogP contribution in [-0.4, -0.2) is 28.8 Å². The third-order valence-electron chi connectivity index (χ3n) is 3.74. The molecular weight excluding hydrogens is 290 g/mol. The van der Waals surface area contributed by atoms with Gasteiger partial charge in [-0.3, -0.25) is 14.6 Å². The predicted molar refractivity (Wildman–Crippen MR) is 93.6 cm³/mol. The average molecular weight is 311 g/mol. The van der Waals surface area contributed by atoms with Gasteiger partial charge < -0.3 is 4.90 Å². The number of aromatic nitrogens is 2. The molecule has 0 bridgehead atoms. The Balaban J connectivity index is 2.27. The summed E-state index contributed by atoms with van der Waals surface area (Å²) in [6.45, 7) is 7.55. The number of hydrogen-bond donors (Lipinski definition) is 1. The third kappa shape index (κ3) is 3.90. The van der Waals surface area contributed by atoms with Gasteiger partial charge in [-0.05, 0) is 37.1 Å². The molecule has 0 saturated carbocycles. The zero-order valence-corrected chi connectivity index (χ0v) is 13.5. The average Bonchev–Trinajstić information content (AvgIpc) is 2.79. The summed E-state index contributed by atoms with van der Waals surface area (Å²) in [6, 6.07) is 7.97. The Morgan fingerprint density at radius 2 is 2.04 bits per heavy atom. The minimum Gasteiger partial charge on any atom is -0.371 e. The summed E-state index contributed by atoms with van der Waals surface area (Å²) >= 11 is 0. The predicted octanol–water partition coefficient (Wildman–Crippen LogP) is 0.557. The molecule has 0 atom stereocenters. The Hall–Kier alpha value is -2.78. The summed E-state index contributed by atoms with van der Waals surface area (Å²) in [6.07, 6.45) is 4.01. The number of aromatic amines is 1. The Morgan fingerprint density at radius 1 is 1.35 bits per heavy atom. The highest BCUT2D eigenvalue weighted by Gasteiger charge is 2.03. The molecule has 0 radical (unpaired) electrons. The summed E-state index contributed by atoms with van der Waals surface area (Å²) < 4.78 is 1.42. The molecule has 120 valence electrons. The minimum atomic E-state index is -0.0880. The van der Waals surface area contributed by atoms with Crippen LogP contribution in [0.4, 0.5) is 5.69 Å². The van der Waals surface area contributed by atoms with Crippen molar-refractivity contribution in [3.8, 4) is 0 Å². The van der Waals surface area contributed by atoms with Crippen LogP contribution in [0.3, 0.4) is 0 Å². The molecule has 0 aliphatic carbocycles. The van der Waals surface area contributed by atoms with Gasteiger partial charge in [0.25, 0.3) is 5.56 Å². The van der Waals surface area contributed by atoms with Crippen molar-refractivity contribution in [2.24, 2.45) is 7.05 Å². The van der Waals surface area contributed by atoms with E-state index in [0.717, 1.165) is 24.3 Å². The largest absolute Gasteiger partial charge is 0.371 e. The van der Waals surface area contributed by atoms with Crippen LogP contribution >= 0.6 is 0 Å². The first kappa shape index (κ1) is 16.6. The second-order valence-electron chi connectivity index (χ2n) is 5.29. The lowest BCUT2D eigenvalue weighted by atomic mass is 10.1. The topological polar surface area (TPSA) is 58.1 Å². The fraction of sp³-hybridized carbons (Fsp3) is 0.278. The van der Waals surface area contributed by atoms with Crippen LogP contribution in [0, 0.1) is 0 Å². The van der Waals surface area contributed by atoms with E-state index in [1.807, 2.05) is 30.3 Å². The van der Waals surface area contributed by atoms with E-state index in [4.69, 9.17) is 0 Å². The number of nitrogens with zero attached hydrogens (tertiary/aromatic N) is 2. The lowest BCUT2D eigenvalue weighted by Gasteiger charge is -2.22. The van der Waals surface area contributed by atoms with Crippen LogP contribution in [0.25, 0.3) is 12.7 Å². The first-order chi connectivity index (χ1) is 11.1. The highest BCUT2D eigenvalue weighted by Crippen LogP contribution is 2.15.